The smallest absolute Gasteiger partial charge is 0.234 e. The van der Waals surface area contributed by atoms with Crippen molar-refractivity contribution in [1.29, 1.82) is 0 Å². The normalized spacial score (nSPS) is 36.0. The van der Waals surface area contributed by atoms with Crippen LogP contribution < -0.4 is 21.7 Å². The summed E-state index contributed by atoms with van der Waals surface area (Å²) in [6, 6.07) is 0. The molecule has 4 N–H and O–H groups in total. The summed E-state index contributed by atoms with van der Waals surface area (Å²) in [5, 5.41) is 0. The summed E-state index contributed by atoms with van der Waals surface area (Å²) in [6.07, 6.45) is 14.6. The minimum Gasteiger partial charge on any atom is -0.292 e. The number of fused-ring (bicyclic) bond motifs is 4. The predicted molar refractivity (Wildman–Crippen MR) is 99.2 cm³/mol. The van der Waals surface area contributed by atoms with Crippen LogP contribution in [-0.2, 0) is 9.59 Å². The number of allylic oxidation sites excluding steroid dienone is 4. The lowest BCUT2D eigenvalue weighted by atomic mass is 9.94. The summed E-state index contributed by atoms with van der Waals surface area (Å²) >= 11 is 0. The number of hydrogen-bond donors (Lipinski definition) is 4. The Bertz CT molecular complexity index is 551. The van der Waals surface area contributed by atoms with Crippen molar-refractivity contribution in [1.82, 2.24) is 21.7 Å². The first kappa shape index (κ1) is 17.7. The van der Waals surface area contributed by atoms with E-state index in [0.717, 1.165) is 24.9 Å². The van der Waals surface area contributed by atoms with Gasteiger partial charge in [0, 0.05) is 25.9 Å². The van der Waals surface area contributed by atoms with Crippen molar-refractivity contribution in [3.8, 4) is 0 Å². The number of hydrazine groups is 2. The Morgan fingerprint density at radius 1 is 0.692 bits per heavy atom. The molecule has 4 bridgehead atoms. The van der Waals surface area contributed by atoms with Crippen molar-refractivity contribution < 1.29 is 9.59 Å². The number of rotatable bonds is 9. The molecule has 26 heavy (non-hydrogen) atoms. The van der Waals surface area contributed by atoms with Gasteiger partial charge in [0.15, 0.2) is 0 Å². The molecule has 2 fully saturated rings. The fraction of sp³-hybridized carbons (Fsp3) is 0.700. The first-order chi connectivity index (χ1) is 12.7. The van der Waals surface area contributed by atoms with Crippen LogP contribution in [0.1, 0.15) is 38.5 Å². The second-order valence-electron chi connectivity index (χ2n) is 8.44. The van der Waals surface area contributed by atoms with Crippen molar-refractivity contribution in [2.75, 3.05) is 13.1 Å². The zero-order chi connectivity index (χ0) is 17.9. The Labute approximate surface area is 155 Å². The van der Waals surface area contributed by atoms with Crippen molar-refractivity contribution in [2.24, 2.45) is 35.5 Å². The van der Waals surface area contributed by atoms with Gasteiger partial charge in [0.2, 0.25) is 11.8 Å². The third kappa shape index (κ3) is 4.18. The number of amides is 2. The van der Waals surface area contributed by atoms with Gasteiger partial charge in [-0.3, -0.25) is 20.4 Å². The van der Waals surface area contributed by atoms with Crippen LogP contribution in [0.15, 0.2) is 24.3 Å². The second kappa shape index (κ2) is 7.92. The summed E-state index contributed by atoms with van der Waals surface area (Å²) in [5.74, 6) is 3.83. The zero-order valence-corrected chi connectivity index (χ0v) is 15.2. The summed E-state index contributed by atoms with van der Waals surface area (Å²) in [7, 11) is 0. The zero-order valence-electron chi connectivity index (χ0n) is 15.2. The Kier molecular flexibility index (Phi) is 5.41. The van der Waals surface area contributed by atoms with Gasteiger partial charge in [-0.1, -0.05) is 24.3 Å². The molecule has 0 heterocycles. The molecule has 0 aromatic heterocycles. The van der Waals surface area contributed by atoms with Gasteiger partial charge in [0.1, 0.15) is 0 Å². The summed E-state index contributed by atoms with van der Waals surface area (Å²) in [4.78, 5) is 23.7. The number of carbonyl (C=O) groups excluding carboxylic acids is 2. The third-order valence-electron chi connectivity index (χ3n) is 6.60. The minimum atomic E-state index is -0.128. The largest absolute Gasteiger partial charge is 0.292 e. The van der Waals surface area contributed by atoms with Gasteiger partial charge in [0.25, 0.3) is 0 Å². The molecule has 6 nitrogen and oxygen atoms in total. The highest BCUT2D eigenvalue weighted by Gasteiger charge is 2.36. The van der Waals surface area contributed by atoms with Gasteiger partial charge in [-0.25, -0.2) is 10.9 Å². The lowest BCUT2D eigenvalue weighted by molar-refractivity contribution is -0.127. The fourth-order valence-corrected chi connectivity index (χ4v) is 5.17. The highest BCUT2D eigenvalue weighted by Crippen LogP contribution is 2.43. The van der Waals surface area contributed by atoms with Crippen LogP contribution in [0.3, 0.4) is 0 Å². The molecule has 0 aromatic rings. The van der Waals surface area contributed by atoms with Crippen LogP contribution in [-0.4, -0.2) is 24.9 Å². The van der Waals surface area contributed by atoms with Gasteiger partial charge in [-0.05, 0) is 61.2 Å². The maximum Gasteiger partial charge on any atom is 0.234 e. The van der Waals surface area contributed by atoms with E-state index in [1.54, 1.807) is 0 Å². The number of nitrogens with one attached hydrogen (secondary N) is 4. The molecule has 4 aliphatic carbocycles. The highest BCUT2D eigenvalue weighted by molar-refractivity contribution is 5.83. The average molecular weight is 358 g/mol. The summed E-state index contributed by atoms with van der Waals surface area (Å²) in [6.45, 7) is 1.62. The lowest BCUT2D eigenvalue weighted by Gasteiger charge is -2.19. The first-order valence-corrected chi connectivity index (χ1v) is 10.1. The summed E-state index contributed by atoms with van der Waals surface area (Å²) < 4.78 is 0. The molecule has 0 spiro atoms. The highest BCUT2D eigenvalue weighted by atomic mass is 16.2. The number of carbonyl (C=O) groups is 2. The number of hydrogen-bond acceptors (Lipinski definition) is 4. The lowest BCUT2D eigenvalue weighted by Crippen LogP contribution is -2.43. The van der Waals surface area contributed by atoms with E-state index in [1.165, 1.54) is 25.7 Å². The molecule has 4 rings (SSSR count). The molecule has 6 heteroatoms. The quantitative estimate of drug-likeness (QED) is 0.371. The first-order valence-electron chi connectivity index (χ1n) is 10.1. The molecule has 2 amide bonds. The molecular formula is C20H30N4O2. The maximum absolute atomic E-state index is 11.9. The van der Waals surface area contributed by atoms with Crippen molar-refractivity contribution in [3.63, 3.8) is 0 Å². The van der Waals surface area contributed by atoms with Crippen molar-refractivity contribution >= 4 is 11.8 Å². The van der Waals surface area contributed by atoms with E-state index in [9.17, 15) is 9.59 Å². The van der Waals surface area contributed by atoms with Crippen LogP contribution in [0.25, 0.3) is 0 Å². The van der Waals surface area contributed by atoms with Crippen LogP contribution in [0.5, 0.6) is 0 Å². The van der Waals surface area contributed by atoms with Crippen LogP contribution in [0.2, 0.25) is 0 Å². The van der Waals surface area contributed by atoms with E-state index >= 15 is 0 Å². The molecule has 4 aliphatic rings. The minimum absolute atomic E-state index is 0.128. The molecule has 2 saturated carbocycles. The summed E-state index contributed by atoms with van der Waals surface area (Å²) in [5.41, 5.74) is 11.5. The fourth-order valence-electron chi connectivity index (χ4n) is 5.17. The Hall–Kier alpha value is -1.66. The van der Waals surface area contributed by atoms with Gasteiger partial charge in [-0.2, -0.15) is 0 Å². The van der Waals surface area contributed by atoms with Crippen molar-refractivity contribution in [3.05, 3.63) is 24.3 Å². The average Bonchev–Trinajstić information content (AvgIpc) is 3.41. The Morgan fingerprint density at radius 2 is 1.15 bits per heavy atom. The monoisotopic (exact) mass is 358 g/mol. The molecule has 0 aromatic carbocycles. The van der Waals surface area contributed by atoms with Crippen LogP contribution in [0.4, 0.5) is 0 Å². The Balaban J connectivity index is 1.03. The van der Waals surface area contributed by atoms with Gasteiger partial charge in [-0.15, -0.1) is 0 Å². The van der Waals surface area contributed by atoms with E-state index < -0.39 is 0 Å². The van der Waals surface area contributed by atoms with E-state index in [-0.39, 0.29) is 24.7 Å². The standard InChI is InChI=1S/C20H30N4O2/c25-19(23-21-11-17-9-13-1-3-15(17)7-13)5-6-20(26)24-22-12-18-10-14-2-4-16(18)8-14/h1-4,13-18,21-22H,5-12H2,(H,23,25)(H,24,26)/t13-,14-,15-,16-,17-,18-/m0/s1. The van der Waals surface area contributed by atoms with E-state index in [0.29, 0.717) is 23.7 Å². The van der Waals surface area contributed by atoms with E-state index in [4.69, 9.17) is 0 Å². The molecule has 6 atom stereocenters. The predicted octanol–water partition coefficient (Wildman–Crippen LogP) is 1.43. The van der Waals surface area contributed by atoms with E-state index in [1.807, 2.05) is 0 Å². The Morgan fingerprint density at radius 3 is 1.50 bits per heavy atom. The molecule has 0 unspecified atom stereocenters. The van der Waals surface area contributed by atoms with Gasteiger partial charge < -0.3 is 0 Å². The van der Waals surface area contributed by atoms with Gasteiger partial charge >= 0.3 is 0 Å². The second-order valence-corrected chi connectivity index (χ2v) is 8.44. The van der Waals surface area contributed by atoms with Crippen LogP contribution >= 0.6 is 0 Å². The van der Waals surface area contributed by atoms with E-state index in [2.05, 4.69) is 46.0 Å². The molecule has 0 radical (unpaired) electrons. The maximum atomic E-state index is 11.9. The molecule has 0 aliphatic heterocycles. The molecular weight excluding hydrogens is 328 g/mol. The topological polar surface area (TPSA) is 82.3 Å². The van der Waals surface area contributed by atoms with Crippen molar-refractivity contribution in [2.45, 2.75) is 38.5 Å². The molecule has 142 valence electrons. The third-order valence-corrected chi connectivity index (χ3v) is 6.60. The SMILES string of the molecule is O=C(CCC(=O)NNC[C@@H]1C[C@H]2C=C[C@H]1C2)NNC[C@@H]1C[C@H]2C=C[C@H]1C2. The van der Waals surface area contributed by atoms with Crippen LogP contribution in [0, 0.1) is 35.5 Å². The van der Waals surface area contributed by atoms with Gasteiger partial charge in [0.05, 0.1) is 0 Å². The molecule has 0 saturated heterocycles.